The van der Waals surface area contributed by atoms with Crippen LogP contribution in [0, 0.1) is 0 Å². The summed E-state index contributed by atoms with van der Waals surface area (Å²) in [6.45, 7) is 4.64. The Balaban J connectivity index is 1.51. The molecular weight excluding hydrogens is 406 g/mol. The maximum Gasteiger partial charge on any atom is 0.334 e. The van der Waals surface area contributed by atoms with Gasteiger partial charge in [0.2, 0.25) is 5.91 Å². The highest BCUT2D eigenvalue weighted by Crippen LogP contribution is 2.27. The quantitative estimate of drug-likeness (QED) is 0.456. The molecule has 1 amide bonds. The van der Waals surface area contributed by atoms with Crippen LogP contribution in [0.25, 0.3) is 16.7 Å². The first kappa shape index (κ1) is 19.7. The second kappa shape index (κ2) is 8.14. The molecule has 0 spiro atoms. The Morgan fingerprint density at radius 3 is 2.47 bits per heavy atom. The fraction of sp³-hybridized carbons (Fsp3) is 0.167. The third-order valence-corrected chi connectivity index (χ3v) is 5.67. The second-order valence-electron chi connectivity index (χ2n) is 7.56. The van der Waals surface area contributed by atoms with Crippen LogP contribution in [0.5, 0.6) is 11.5 Å². The van der Waals surface area contributed by atoms with Gasteiger partial charge in [0, 0.05) is 31.7 Å². The lowest BCUT2D eigenvalue weighted by Gasteiger charge is -2.15. The molecule has 1 saturated heterocycles. The molecule has 1 unspecified atom stereocenters. The maximum absolute atomic E-state index is 13.5. The summed E-state index contributed by atoms with van der Waals surface area (Å²) in [4.78, 5) is 35.5. The van der Waals surface area contributed by atoms with Crippen LogP contribution < -0.4 is 10.4 Å². The standard InChI is InChI=1S/C24H21N5O3/c1-2-23(30)27-14-10-18(16-27)29-21-9-13-26-15-22(21)28(24(29)31)17-3-5-19(6-4-17)32-20-7-11-25-12-8-20/h2-9,11-13,15,18H,1,10,14,16H2. The number of hydrogen-bond donors (Lipinski definition) is 0. The van der Waals surface area contributed by atoms with Gasteiger partial charge in [-0.25, -0.2) is 4.79 Å². The fourth-order valence-corrected chi connectivity index (χ4v) is 4.16. The molecule has 0 radical (unpaired) electrons. The van der Waals surface area contributed by atoms with Crippen molar-refractivity contribution in [2.24, 2.45) is 0 Å². The number of imidazole rings is 1. The van der Waals surface area contributed by atoms with E-state index in [1.807, 2.05) is 30.3 Å². The molecule has 32 heavy (non-hydrogen) atoms. The molecule has 1 fully saturated rings. The number of carbonyl (C=O) groups excluding carboxylic acids is 1. The van der Waals surface area contributed by atoms with Gasteiger partial charge in [-0.3, -0.25) is 23.9 Å². The predicted octanol–water partition coefficient (Wildman–Crippen LogP) is 3.33. The van der Waals surface area contributed by atoms with Gasteiger partial charge in [0.25, 0.3) is 0 Å². The SMILES string of the molecule is C=CC(=O)N1CCC(n2c(=O)n(-c3ccc(Oc4ccncc4)cc3)c3cnccc32)C1. The zero-order valence-corrected chi connectivity index (χ0v) is 17.3. The molecule has 0 saturated carbocycles. The average molecular weight is 427 g/mol. The van der Waals surface area contributed by atoms with Crippen molar-refractivity contribution in [1.82, 2.24) is 24.0 Å². The number of amides is 1. The monoisotopic (exact) mass is 427 g/mol. The lowest BCUT2D eigenvalue weighted by Crippen LogP contribution is -2.31. The summed E-state index contributed by atoms with van der Waals surface area (Å²) in [5.74, 6) is 1.23. The van der Waals surface area contributed by atoms with Crippen LogP contribution in [0.15, 0.2) is 84.7 Å². The number of rotatable bonds is 5. The molecule has 0 aliphatic carbocycles. The van der Waals surface area contributed by atoms with E-state index in [9.17, 15) is 9.59 Å². The Bertz CT molecular complexity index is 1340. The van der Waals surface area contributed by atoms with E-state index in [4.69, 9.17) is 4.74 Å². The minimum atomic E-state index is -0.159. The van der Waals surface area contributed by atoms with E-state index in [1.165, 1.54) is 6.08 Å². The highest BCUT2D eigenvalue weighted by atomic mass is 16.5. The number of aromatic nitrogens is 4. The van der Waals surface area contributed by atoms with Crippen LogP contribution in [-0.4, -0.2) is 43.0 Å². The first-order valence-corrected chi connectivity index (χ1v) is 10.3. The van der Waals surface area contributed by atoms with Gasteiger partial charge in [0.05, 0.1) is 29.0 Å². The summed E-state index contributed by atoms with van der Waals surface area (Å²) < 4.78 is 9.25. The summed E-state index contributed by atoms with van der Waals surface area (Å²) in [7, 11) is 0. The first-order chi connectivity index (χ1) is 15.7. The molecule has 8 heteroatoms. The highest BCUT2D eigenvalue weighted by molar-refractivity contribution is 5.87. The van der Waals surface area contributed by atoms with Gasteiger partial charge in [-0.2, -0.15) is 0 Å². The number of fused-ring (bicyclic) bond motifs is 1. The highest BCUT2D eigenvalue weighted by Gasteiger charge is 2.29. The van der Waals surface area contributed by atoms with Gasteiger partial charge < -0.3 is 9.64 Å². The zero-order valence-electron chi connectivity index (χ0n) is 17.3. The topological polar surface area (TPSA) is 82.2 Å². The molecule has 0 N–H and O–H groups in total. The molecule has 8 nitrogen and oxygen atoms in total. The number of pyridine rings is 2. The Kier molecular flexibility index (Phi) is 5.03. The molecular formula is C24H21N5O3. The van der Waals surface area contributed by atoms with E-state index in [-0.39, 0.29) is 17.6 Å². The molecule has 0 bridgehead atoms. The predicted molar refractivity (Wildman–Crippen MR) is 120 cm³/mol. The fourth-order valence-electron chi connectivity index (χ4n) is 4.16. The van der Waals surface area contributed by atoms with Crippen molar-refractivity contribution >= 4 is 16.9 Å². The summed E-state index contributed by atoms with van der Waals surface area (Å²) in [5.41, 5.74) is 2.06. The largest absolute Gasteiger partial charge is 0.457 e. The minimum absolute atomic E-state index is 0.105. The lowest BCUT2D eigenvalue weighted by molar-refractivity contribution is -0.125. The summed E-state index contributed by atoms with van der Waals surface area (Å²) in [6, 6.07) is 12.6. The van der Waals surface area contributed by atoms with E-state index in [0.29, 0.717) is 42.2 Å². The third kappa shape index (κ3) is 3.45. The van der Waals surface area contributed by atoms with Crippen molar-refractivity contribution in [3.05, 3.63) is 90.4 Å². The Morgan fingerprint density at radius 2 is 1.72 bits per heavy atom. The Morgan fingerprint density at radius 1 is 1.00 bits per heavy atom. The molecule has 1 aliphatic heterocycles. The average Bonchev–Trinajstić information content (AvgIpc) is 3.42. The number of benzene rings is 1. The molecule has 1 aliphatic rings. The third-order valence-electron chi connectivity index (χ3n) is 5.67. The van der Waals surface area contributed by atoms with E-state index in [0.717, 1.165) is 5.52 Å². The molecule has 1 aromatic carbocycles. The zero-order chi connectivity index (χ0) is 22.1. The van der Waals surface area contributed by atoms with Crippen LogP contribution in [0.4, 0.5) is 0 Å². The molecule has 4 heterocycles. The van der Waals surface area contributed by atoms with Crippen LogP contribution in [0.1, 0.15) is 12.5 Å². The molecule has 160 valence electrons. The molecule has 5 rings (SSSR count). The van der Waals surface area contributed by atoms with Crippen LogP contribution in [-0.2, 0) is 4.79 Å². The number of carbonyl (C=O) groups is 1. The Hall–Kier alpha value is -4.20. The Labute approximate surface area is 184 Å². The summed E-state index contributed by atoms with van der Waals surface area (Å²) in [6.07, 6.45) is 8.72. The maximum atomic E-state index is 13.5. The molecule has 1 atom stereocenters. The van der Waals surface area contributed by atoms with Crippen molar-refractivity contribution in [1.29, 1.82) is 0 Å². The van der Waals surface area contributed by atoms with E-state index in [2.05, 4.69) is 16.5 Å². The first-order valence-electron chi connectivity index (χ1n) is 10.3. The molecule has 4 aromatic rings. The second-order valence-corrected chi connectivity index (χ2v) is 7.56. The summed E-state index contributed by atoms with van der Waals surface area (Å²) in [5, 5.41) is 0. The van der Waals surface area contributed by atoms with Gasteiger partial charge >= 0.3 is 5.69 Å². The number of likely N-dealkylation sites (tertiary alicyclic amines) is 1. The molecule has 3 aromatic heterocycles. The van der Waals surface area contributed by atoms with Crippen molar-refractivity contribution in [2.45, 2.75) is 12.5 Å². The smallest absolute Gasteiger partial charge is 0.334 e. The van der Waals surface area contributed by atoms with Gasteiger partial charge in [-0.1, -0.05) is 6.58 Å². The number of hydrogen-bond acceptors (Lipinski definition) is 5. The van der Waals surface area contributed by atoms with Crippen LogP contribution >= 0.6 is 0 Å². The van der Waals surface area contributed by atoms with Gasteiger partial charge in [-0.15, -0.1) is 0 Å². The number of ether oxygens (including phenoxy) is 1. The van der Waals surface area contributed by atoms with E-state index >= 15 is 0 Å². The minimum Gasteiger partial charge on any atom is -0.457 e. The van der Waals surface area contributed by atoms with Crippen molar-refractivity contribution in [3.63, 3.8) is 0 Å². The lowest BCUT2D eigenvalue weighted by atomic mass is 10.2. The van der Waals surface area contributed by atoms with Crippen molar-refractivity contribution < 1.29 is 9.53 Å². The summed E-state index contributed by atoms with van der Waals surface area (Å²) >= 11 is 0. The van der Waals surface area contributed by atoms with Crippen LogP contribution in [0.2, 0.25) is 0 Å². The van der Waals surface area contributed by atoms with E-state index < -0.39 is 0 Å². The van der Waals surface area contributed by atoms with Crippen LogP contribution in [0.3, 0.4) is 0 Å². The van der Waals surface area contributed by atoms with Crippen molar-refractivity contribution in [3.8, 4) is 17.2 Å². The van der Waals surface area contributed by atoms with Gasteiger partial charge in [-0.05, 0) is 55.0 Å². The van der Waals surface area contributed by atoms with Gasteiger partial charge in [0.15, 0.2) is 0 Å². The van der Waals surface area contributed by atoms with Gasteiger partial charge in [0.1, 0.15) is 11.5 Å². The normalized spacial score (nSPS) is 15.8. The van der Waals surface area contributed by atoms with E-state index in [1.54, 1.807) is 51.0 Å². The number of nitrogens with zero attached hydrogens (tertiary/aromatic N) is 5. The van der Waals surface area contributed by atoms with Crippen molar-refractivity contribution in [2.75, 3.05) is 13.1 Å².